The van der Waals surface area contributed by atoms with E-state index in [-0.39, 0.29) is 0 Å². The molecule has 0 amide bonds. The first kappa shape index (κ1) is 14.2. The molecule has 1 saturated heterocycles. The van der Waals surface area contributed by atoms with E-state index in [2.05, 4.69) is 32.1 Å². The fourth-order valence-corrected chi connectivity index (χ4v) is 2.79. The van der Waals surface area contributed by atoms with Crippen LogP contribution in [0.25, 0.3) is 0 Å². The van der Waals surface area contributed by atoms with Crippen molar-refractivity contribution in [1.29, 1.82) is 0 Å². The van der Waals surface area contributed by atoms with E-state index in [1.54, 1.807) is 0 Å². The highest BCUT2D eigenvalue weighted by molar-refractivity contribution is 5.04. The SMILES string of the molecule is Cc1cc(CN2CCC(N(C)Cc3noc(C)n3)C2)no1. The standard InChI is InChI=1S/C14H21N5O2/c1-10-6-12(16-20-10)7-19-5-4-13(8-19)18(3)9-14-15-11(2)21-17-14/h6,13H,4-5,7-9H2,1-3H3. The number of hydrogen-bond acceptors (Lipinski definition) is 7. The van der Waals surface area contributed by atoms with E-state index < -0.39 is 0 Å². The maximum Gasteiger partial charge on any atom is 0.223 e. The van der Waals surface area contributed by atoms with Crippen LogP contribution in [0.3, 0.4) is 0 Å². The van der Waals surface area contributed by atoms with Gasteiger partial charge in [0, 0.05) is 38.7 Å². The van der Waals surface area contributed by atoms with Crippen molar-refractivity contribution in [2.75, 3.05) is 20.1 Å². The first-order chi connectivity index (χ1) is 10.1. The average molecular weight is 291 g/mol. The molecule has 0 bridgehead atoms. The third-order valence-corrected chi connectivity index (χ3v) is 3.89. The van der Waals surface area contributed by atoms with Gasteiger partial charge in [0.05, 0.1) is 12.2 Å². The minimum Gasteiger partial charge on any atom is -0.361 e. The van der Waals surface area contributed by atoms with Gasteiger partial charge in [-0.3, -0.25) is 9.80 Å². The van der Waals surface area contributed by atoms with Crippen molar-refractivity contribution in [2.45, 2.75) is 39.4 Å². The number of hydrogen-bond donors (Lipinski definition) is 0. The van der Waals surface area contributed by atoms with Crippen LogP contribution in [0.15, 0.2) is 15.1 Å². The second-order valence-corrected chi connectivity index (χ2v) is 5.75. The number of aryl methyl sites for hydroxylation is 2. The van der Waals surface area contributed by atoms with Crippen molar-refractivity contribution >= 4 is 0 Å². The quantitative estimate of drug-likeness (QED) is 0.824. The molecule has 1 fully saturated rings. The van der Waals surface area contributed by atoms with Crippen LogP contribution in [0.4, 0.5) is 0 Å². The number of likely N-dealkylation sites (tertiary alicyclic amines) is 1. The molecule has 1 aliphatic rings. The van der Waals surface area contributed by atoms with Gasteiger partial charge in [0.1, 0.15) is 5.76 Å². The lowest BCUT2D eigenvalue weighted by molar-refractivity contribution is 0.214. The molecule has 21 heavy (non-hydrogen) atoms. The maximum atomic E-state index is 5.12. The van der Waals surface area contributed by atoms with Crippen LogP contribution in [-0.2, 0) is 13.1 Å². The molecule has 0 saturated carbocycles. The Bertz CT molecular complexity index is 594. The van der Waals surface area contributed by atoms with Gasteiger partial charge in [0.2, 0.25) is 5.89 Å². The summed E-state index contributed by atoms with van der Waals surface area (Å²) in [6, 6.07) is 2.51. The number of aromatic nitrogens is 3. The van der Waals surface area contributed by atoms with Crippen molar-refractivity contribution in [1.82, 2.24) is 25.1 Å². The summed E-state index contributed by atoms with van der Waals surface area (Å²) < 4.78 is 10.1. The lowest BCUT2D eigenvalue weighted by Gasteiger charge is -2.23. The molecule has 0 aromatic carbocycles. The van der Waals surface area contributed by atoms with Crippen molar-refractivity contribution in [3.05, 3.63) is 29.2 Å². The highest BCUT2D eigenvalue weighted by Crippen LogP contribution is 2.18. The summed E-state index contributed by atoms with van der Waals surface area (Å²) in [4.78, 5) is 8.95. The molecule has 0 N–H and O–H groups in total. The van der Waals surface area contributed by atoms with Crippen LogP contribution in [-0.4, -0.2) is 51.3 Å². The van der Waals surface area contributed by atoms with Gasteiger partial charge in [-0.2, -0.15) is 4.98 Å². The zero-order chi connectivity index (χ0) is 14.8. The molecule has 3 rings (SSSR count). The fourth-order valence-electron chi connectivity index (χ4n) is 2.79. The molecule has 1 atom stereocenters. The summed E-state index contributed by atoms with van der Waals surface area (Å²) in [7, 11) is 2.11. The zero-order valence-electron chi connectivity index (χ0n) is 12.7. The van der Waals surface area contributed by atoms with Gasteiger partial charge in [-0.1, -0.05) is 10.3 Å². The highest BCUT2D eigenvalue weighted by Gasteiger charge is 2.27. The predicted octanol–water partition coefficient (Wildman–Crippen LogP) is 1.38. The Labute approximate surface area is 123 Å². The first-order valence-corrected chi connectivity index (χ1v) is 7.24. The molecule has 1 aliphatic heterocycles. The Morgan fingerprint density at radius 1 is 1.33 bits per heavy atom. The Morgan fingerprint density at radius 3 is 2.86 bits per heavy atom. The summed E-state index contributed by atoms with van der Waals surface area (Å²) in [5.41, 5.74) is 1.00. The fraction of sp³-hybridized carbons (Fsp3) is 0.643. The summed E-state index contributed by atoms with van der Waals surface area (Å²) in [5, 5.41) is 8.01. The number of likely N-dealkylation sites (N-methyl/N-ethyl adjacent to an activating group) is 1. The van der Waals surface area contributed by atoms with Gasteiger partial charge in [0.15, 0.2) is 5.82 Å². The third-order valence-electron chi connectivity index (χ3n) is 3.89. The van der Waals surface area contributed by atoms with Crippen molar-refractivity contribution in [3.63, 3.8) is 0 Å². The zero-order valence-corrected chi connectivity index (χ0v) is 12.7. The van der Waals surface area contributed by atoms with Crippen molar-refractivity contribution < 1.29 is 9.05 Å². The van der Waals surface area contributed by atoms with Gasteiger partial charge in [-0.05, 0) is 20.4 Å². The lowest BCUT2D eigenvalue weighted by Crippen LogP contribution is -2.34. The molecule has 2 aromatic heterocycles. The van der Waals surface area contributed by atoms with Crippen LogP contribution in [0.5, 0.6) is 0 Å². The lowest BCUT2D eigenvalue weighted by atomic mass is 10.2. The topological polar surface area (TPSA) is 71.4 Å². The van der Waals surface area contributed by atoms with Crippen LogP contribution < -0.4 is 0 Å². The summed E-state index contributed by atoms with van der Waals surface area (Å²) >= 11 is 0. The normalized spacial score (nSPS) is 19.7. The average Bonchev–Trinajstić information content (AvgIpc) is 3.13. The van der Waals surface area contributed by atoms with Crippen LogP contribution in [0.2, 0.25) is 0 Å². The van der Waals surface area contributed by atoms with Crippen LogP contribution in [0, 0.1) is 13.8 Å². The second kappa shape index (κ2) is 5.95. The van der Waals surface area contributed by atoms with Gasteiger partial charge in [-0.15, -0.1) is 0 Å². The van der Waals surface area contributed by atoms with E-state index in [1.807, 2.05) is 19.9 Å². The minimum atomic E-state index is 0.511. The number of nitrogens with zero attached hydrogens (tertiary/aromatic N) is 5. The Morgan fingerprint density at radius 2 is 2.19 bits per heavy atom. The van der Waals surface area contributed by atoms with Gasteiger partial charge < -0.3 is 9.05 Å². The van der Waals surface area contributed by atoms with Crippen LogP contribution in [0.1, 0.15) is 29.6 Å². The van der Waals surface area contributed by atoms with E-state index in [9.17, 15) is 0 Å². The molecule has 1 unspecified atom stereocenters. The largest absolute Gasteiger partial charge is 0.361 e. The van der Waals surface area contributed by atoms with Crippen LogP contribution >= 0.6 is 0 Å². The van der Waals surface area contributed by atoms with Gasteiger partial charge in [0.25, 0.3) is 0 Å². The summed E-state index contributed by atoms with van der Waals surface area (Å²) in [5.74, 6) is 2.23. The van der Waals surface area contributed by atoms with Crippen molar-refractivity contribution in [2.24, 2.45) is 0 Å². The molecule has 7 nitrogen and oxygen atoms in total. The smallest absolute Gasteiger partial charge is 0.223 e. The molecule has 2 aromatic rings. The summed E-state index contributed by atoms with van der Waals surface area (Å²) in [6.07, 6.45) is 1.14. The molecule has 0 aliphatic carbocycles. The molecular formula is C14H21N5O2. The minimum absolute atomic E-state index is 0.511. The van der Waals surface area contributed by atoms with Gasteiger partial charge >= 0.3 is 0 Å². The Kier molecular flexibility index (Phi) is 4.03. The van der Waals surface area contributed by atoms with E-state index in [1.165, 1.54) is 0 Å². The predicted molar refractivity (Wildman–Crippen MR) is 75.4 cm³/mol. The molecule has 3 heterocycles. The number of rotatable bonds is 5. The van der Waals surface area contributed by atoms with Crippen molar-refractivity contribution in [3.8, 4) is 0 Å². The van der Waals surface area contributed by atoms with Gasteiger partial charge in [-0.25, -0.2) is 0 Å². The second-order valence-electron chi connectivity index (χ2n) is 5.75. The van der Waals surface area contributed by atoms with E-state index >= 15 is 0 Å². The van der Waals surface area contributed by atoms with E-state index in [0.29, 0.717) is 11.9 Å². The maximum absolute atomic E-state index is 5.12. The molecule has 114 valence electrons. The third kappa shape index (κ3) is 3.48. The highest BCUT2D eigenvalue weighted by atomic mass is 16.5. The Hall–Kier alpha value is -1.73. The molecule has 7 heteroatoms. The van der Waals surface area contributed by atoms with E-state index in [4.69, 9.17) is 9.05 Å². The summed E-state index contributed by atoms with van der Waals surface area (Å²) in [6.45, 7) is 7.41. The Balaban J connectivity index is 1.51. The molecule has 0 radical (unpaired) electrons. The molecule has 0 spiro atoms. The monoisotopic (exact) mass is 291 g/mol. The van der Waals surface area contributed by atoms with E-state index in [0.717, 1.165) is 49.9 Å². The first-order valence-electron chi connectivity index (χ1n) is 7.24. The molecular weight excluding hydrogens is 270 g/mol.